The van der Waals surface area contributed by atoms with Gasteiger partial charge in [-0.1, -0.05) is 6.07 Å². The van der Waals surface area contributed by atoms with E-state index in [0.29, 0.717) is 12.0 Å². The third-order valence-electron chi connectivity index (χ3n) is 4.68. The zero-order chi connectivity index (χ0) is 16.2. The van der Waals surface area contributed by atoms with Gasteiger partial charge in [0, 0.05) is 29.9 Å². The molecule has 1 N–H and O–H groups in total. The van der Waals surface area contributed by atoms with Crippen molar-refractivity contribution in [2.24, 2.45) is 5.92 Å². The van der Waals surface area contributed by atoms with Gasteiger partial charge in [0.25, 0.3) is 0 Å². The smallest absolute Gasteiger partial charge is 0.244 e. The summed E-state index contributed by atoms with van der Waals surface area (Å²) >= 11 is 1.81. The zero-order valence-corrected chi connectivity index (χ0v) is 14.5. The first kappa shape index (κ1) is 16.2. The van der Waals surface area contributed by atoms with Crippen molar-refractivity contribution in [3.05, 3.63) is 40.8 Å². The summed E-state index contributed by atoms with van der Waals surface area (Å²) in [5.74, 6) is 0.494. The van der Waals surface area contributed by atoms with Crippen LogP contribution in [0.1, 0.15) is 36.7 Å². The number of likely N-dealkylation sites (tertiary alicyclic amines) is 1. The molecule has 0 aromatic carbocycles. The lowest BCUT2D eigenvalue weighted by Crippen LogP contribution is -2.42. The van der Waals surface area contributed by atoms with Gasteiger partial charge >= 0.3 is 0 Å². The van der Waals surface area contributed by atoms with Crippen molar-refractivity contribution in [3.8, 4) is 0 Å². The lowest BCUT2D eigenvalue weighted by Gasteiger charge is -2.39. The Morgan fingerprint density at radius 3 is 3.09 bits per heavy atom. The topological polar surface area (TPSA) is 50.2 Å². The third-order valence-corrected chi connectivity index (χ3v) is 5.62. The molecule has 5 nitrogen and oxygen atoms in total. The number of nitrogens with one attached hydrogen (secondary N) is 1. The number of carbonyl (C=O) groups is 1. The van der Waals surface area contributed by atoms with Crippen LogP contribution in [0.15, 0.2) is 36.0 Å². The molecule has 0 spiro atoms. The quantitative estimate of drug-likeness (QED) is 0.916. The van der Waals surface area contributed by atoms with E-state index < -0.39 is 0 Å². The second-order valence-corrected chi connectivity index (χ2v) is 7.23. The first-order valence-electron chi connectivity index (χ1n) is 8.17. The number of aromatic nitrogens is 2. The van der Waals surface area contributed by atoms with Gasteiger partial charge in [0.2, 0.25) is 5.91 Å². The van der Waals surface area contributed by atoms with Crippen LogP contribution in [0.2, 0.25) is 0 Å². The van der Waals surface area contributed by atoms with E-state index >= 15 is 0 Å². The Labute approximate surface area is 141 Å². The lowest BCUT2D eigenvalue weighted by atomic mass is 9.88. The van der Waals surface area contributed by atoms with Gasteiger partial charge in [-0.15, -0.1) is 11.3 Å². The van der Waals surface area contributed by atoms with Gasteiger partial charge in [-0.25, -0.2) is 0 Å². The van der Waals surface area contributed by atoms with E-state index in [1.165, 1.54) is 11.3 Å². The molecule has 1 fully saturated rings. The van der Waals surface area contributed by atoms with Crippen molar-refractivity contribution < 1.29 is 4.79 Å². The number of carbonyl (C=O) groups excluding carboxylic acids is 1. The van der Waals surface area contributed by atoms with Crippen molar-refractivity contribution in [1.82, 2.24) is 20.0 Å². The molecule has 0 saturated carbocycles. The van der Waals surface area contributed by atoms with Gasteiger partial charge in [-0.3, -0.25) is 14.4 Å². The highest BCUT2D eigenvalue weighted by Gasteiger charge is 2.31. The molecule has 1 amide bonds. The van der Waals surface area contributed by atoms with Gasteiger partial charge in [0.1, 0.15) is 6.04 Å². The minimum absolute atomic E-state index is 0.0341. The van der Waals surface area contributed by atoms with E-state index in [0.717, 1.165) is 19.5 Å². The summed E-state index contributed by atoms with van der Waals surface area (Å²) in [6.07, 6.45) is 5.87. The Morgan fingerprint density at radius 2 is 2.39 bits per heavy atom. The molecule has 2 aromatic heterocycles. The zero-order valence-electron chi connectivity index (χ0n) is 13.7. The van der Waals surface area contributed by atoms with Crippen LogP contribution in [0.25, 0.3) is 0 Å². The molecule has 124 valence electrons. The van der Waals surface area contributed by atoms with Gasteiger partial charge in [0.05, 0.1) is 0 Å². The largest absolute Gasteiger partial charge is 0.354 e. The molecule has 3 rings (SSSR count). The molecule has 1 aliphatic heterocycles. The summed E-state index contributed by atoms with van der Waals surface area (Å²) in [6.45, 7) is 3.72. The summed E-state index contributed by atoms with van der Waals surface area (Å²) in [5, 5.41) is 9.41. The molecular weight excluding hydrogens is 308 g/mol. The molecule has 3 heterocycles. The van der Waals surface area contributed by atoms with Crippen molar-refractivity contribution in [2.45, 2.75) is 31.8 Å². The maximum atomic E-state index is 12.4. The van der Waals surface area contributed by atoms with Gasteiger partial charge in [-0.2, -0.15) is 5.10 Å². The molecule has 1 aliphatic rings. The van der Waals surface area contributed by atoms with E-state index in [2.05, 4.69) is 39.9 Å². The minimum Gasteiger partial charge on any atom is -0.354 e. The van der Waals surface area contributed by atoms with E-state index in [9.17, 15) is 4.79 Å². The molecule has 0 bridgehead atoms. The number of hydrogen-bond acceptors (Lipinski definition) is 4. The summed E-state index contributed by atoms with van der Waals surface area (Å²) in [7, 11) is 2.19. The van der Waals surface area contributed by atoms with E-state index in [4.69, 9.17) is 0 Å². The van der Waals surface area contributed by atoms with Crippen LogP contribution >= 0.6 is 11.3 Å². The van der Waals surface area contributed by atoms with Gasteiger partial charge in [-0.05, 0) is 56.8 Å². The summed E-state index contributed by atoms with van der Waals surface area (Å²) in [5.41, 5.74) is 0. The first-order chi connectivity index (χ1) is 11.2. The average Bonchev–Trinajstić information content (AvgIpc) is 3.25. The average molecular weight is 332 g/mol. The Kier molecular flexibility index (Phi) is 5.13. The van der Waals surface area contributed by atoms with E-state index in [-0.39, 0.29) is 11.9 Å². The normalized spacial score (nSPS) is 23.6. The van der Waals surface area contributed by atoms with Gasteiger partial charge < -0.3 is 5.32 Å². The van der Waals surface area contributed by atoms with Crippen molar-refractivity contribution >= 4 is 17.2 Å². The Hall–Kier alpha value is -1.66. The number of amides is 1. The summed E-state index contributed by atoms with van der Waals surface area (Å²) < 4.78 is 1.69. The summed E-state index contributed by atoms with van der Waals surface area (Å²) in [4.78, 5) is 16.2. The Balaban J connectivity index is 1.62. The Bertz CT molecular complexity index is 611. The van der Waals surface area contributed by atoms with Crippen molar-refractivity contribution in [1.29, 1.82) is 0 Å². The number of rotatable bonds is 5. The highest BCUT2D eigenvalue weighted by Crippen LogP contribution is 2.36. The second kappa shape index (κ2) is 7.27. The highest BCUT2D eigenvalue weighted by atomic mass is 32.1. The molecule has 2 aromatic rings. The van der Waals surface area contributed by atoms with Crippen LogP contribution < -0.4 is 5.32 Å². The molecule has 1 saturated heterocycles. The standard InChI is InChI=1S/C17H24N4OS/c1-13(21-10-5-8-19-21)17(22)18-12-14-6-3-9-20(2)16(14)15-7-4-11-23-15/h4-5,7-8,10-11,13-14,16H,3,6,9,12H2,1-2H3,(H,18,22)/t13-,14+,16+/m1/s1. The van der Waals surface area contributed by atoms with Crippen LogP contribution in [-0.4, -0.2) is 40.7 Å². The predicted molar refractivity (Wildman–Crippen MR) is 92.4 cm³/mol. The van der Waals surface area contributed by atoms with Crippen LogP contribution in [0.4, 0.5) is 0 Å². The fourth-order valence-electron chi connectivity index (χ4n) is 3.39. The van der Waals surface area contributed by atoms with Crippen LogP contribution in [0.3, 0.4) is 0 Å². The van der Waals surface area contributed by atoms with E-state index in [1.807, 2.05) is 30.5 Å². The second-order valence-electron chi connectivity index (χ2n) is 6.25. The lowest BCUT2D eigenvalue weighted by molar-refractivity contribution is -0.124. The fraction of sp³-hybridized carbons (Fsp3) is 0.529. The third kappa shape index (κ3) is 3.64. The number of thiophene rings is 1. The summed E-state index contributed by atoms with van der Waals surface area (Å²) in [6, 6.07) is 6.29. The predicted octanol–water partition coefficient (Wildman–Crippen LogP) is 2.70. The van der Waals surface area contributed by atoms with Gasteiger partial charge in [0.15, 0.2) is 0 Å². The molecule has 0 unspecified atom stereocenters. The number of piperidine rings is 1. The maximum absolute atomic E-state index is 12.4. The van der Waals surface area contributed by atoms with Crippen LogP contribution in [0, 0.1) is 5.92 Å². The molecule has 6 heteroatoms. The van der Waals surface area contributed by atoms with Crippen LogP contribution in [0.5, 0.6) is 0 Å². The van der Waals surface area contributed by atoms with E-state index in [1.54, 1.807) is 10.9 Å². The SMILES string of the molecule is C[C@H](C(=O)NC[C@@H]1CCCN(C)[C@@H]1c1cccs1)n1cccn1. The number of nitrogens with zero attached hydrogens (tertiary/aromatic N) is 3. The monoisotopic (exact) mass is 332 g/mol. The Morgan fingerprint density at radius 1 is 1.52 bits per heavy atom. The number of hydrogen-bond donors (Lipinski definition) is 1. The highest BCUT2D eigenvalue weighted by molar-refractivity contribution is 7.10. The van der Waals surface area contributed by atoms with Crippen molar-refractivity contribution in [3.63, 3.8) is 0 Å². The van der Waals surface area contributed by atoms with Crippen molar-refractivity contribution in [2.75, 3.05) is 20.1 Å². The molecule has 0 radical (unpaired) electrons. The molecule has 3 atom stereocenters. The first-order valence-corrected chi connectivity index (χ1v) is 9.05. The molecule has 23 heavy (non-hydrogen) atoms. The van der Waals surface area contributed by atoms with Crippen LogP contribution in [-0.2, 0) is 4.79 Å². The molecule has 0 aliphatic carbocycles. The minimum atomic E-state index is -0.272. The fourth-order valence-corrected chi connectivity index (χ4v) is 4.37. The molecular formula is C17H24N4OS. The maximum Gasteiger partial charge on any atom is 0.244 e.